The summed E-state index contributed by atoms with van der Waals surface area (Å²) >= 11 is 0. The number of hydrogen-bond acceptors (Lipinski definition) is 5. The van der Waals surface area contributed by atoms with Crippen molar-refractivity contribution in [1.29, 1.82) is 0 Å². The van der Waals surface area contributed by atoms with Crippen LogP contribution >= 0.6 is 0 Å². The summed E-state index contributed by atoms with van der Waals surface area (Å²) in [5.41, 5.74) is 6.67. The molecule has 6 nitrogen and oxygen atoms in total. The van der Waals surface area contributed by atoms with E-state index in [-0.39, 0.29) is 17.3 Å². The van der Waals surface area contributed by atoms with E-state index in [1.165, 1.54) is 0 Å². The predicted octanol–water partition coefficient (Wildman–Crippen LogP) is 1.24. The molecular weight excluding hydrogens is 230 g/mol. The van der Waals surface area contributed by atoms with E-state index in [2.05, 4.69) is 19.9 Å². The highest BCUT2D eigenvalue weighted by Gasteiger charge is 2.13. The Kier molecular flexibility index (Phi) is 3.10. The molecule has 2 rings (SSSR count). The van der Waals surface area contributed by atoms with Gasteiger partial charge >= 0.3 is 0 Å². The van der Waals surface area contributed by atoms with Crippen molar-refractivity contribution in [2.75, 3.05) is 5.73 Å². The average molecular weight is 245 g/mol. The van der Waals surface area contributed by atoms with Crippen molar-refractivity contribution >= 4 is 5.82 Å². The van der Waals surface area contributed by atoms with Crippen LogP contribution in [0.4, 0.5) is 5.82 Å². The molecule has 0 aliphatic carbocycles. The molecule has 0 aliphatic rings. The molecule has 0 saturated carbocycles. The van der Waals surface area contributed by atoms with Gasteiger partial charge < -0.3 is 10.7 Å². The molecule has 0 fully saturated rings. The van der Waals surface area contributed by atoms with Gasteiger partial charge in [0.25, 0.3) is 5.56 Å². The quantitative estimate of drug-likeness (QED) is 0.829. The number of H-pyrrole nitrogens is 1. The lowest BCUT2D eigenvalue weighted by Gasteiger charge is -2.09. The number of aryl methyl sites for hydroxylation is 1. The van der Waals surface area contributed by atoms with E-state index in [0.717, 1.165) is 0 Å². The van der Waals surface area contributed by atoms with E-state index in [4.69, 9.17) is 5.73 Å². The van der Waals surface area contributed by atoms with E-state index in [9.17, 15) is 4.79 Å². The minimum absolute atomic E-state index is 0.0300. The second-order valence-electron chi connectivity index (χ2n) is 4.36. The van der Waals surface area contributed by atoms with Crippen molar-refractivity contribution in [3.63, 3.8) is 0 Å². The Morgan fingerprint density at radius 3 is 2.61 bits per heavy atom. The summed E-state index contributed by atoms with van der Waals surface area (Å²) < 4.78 is 0. The molecule has 0 amide bonds. The van der Waals surface area contributed by atoms with E-state index >= 15 is 0 Å². The molecule has 2 aromatic rings. The molecule has 0 bridgehead atoms. The van der Waals surface area contributed by atoms with Crippen LogP contribution in [0.5, 0.6) is 0 Å². The SMILES string of the molecule is Cc1nccc(-c2nc(N)c(C(C)C)c(=O)[nH]2)n1. The van der Waals surface area contributed by atoms with Gasteiger partial charge in [-0.25, -0.2) is 15.0 Å². The molecule has 94 valence electrons. The van der Waals surface area contributed by atoms with Gasteiger partial charge in [-0.05, 0) is 18.9 Å². The van der Waals surface area contributed by atoms with Crippen molar-refractivity contribution in [2.24, 2.45) is 0 Å². The average Bonchev–Trinajstić information content (AvgIpc) is 2.27. The van der Waals surface area contributed by atoms with Gasteiger partial charge in [-0.1, -0.05) is 13.8 Å². The van der Waals surface area contributed by atoms with Crippen LogP contribution in [0, 0.1) is 6.92 Å². The number of nitrogens with zero attached hydrogens (tertiary/aromatic N) is 3. The lowest BCUT2D eigenvalue weighted by atomic mass is 10.1. The number of nitrogen functional groups attached to an aromatic ring is 1. The van der Waals surface area contributed by atoms with Gasteiger partial charge in [0, 0.05) is 6.20 Å². The summed E-state index contributed by atoms with van der Waals surface area (Å²) in [6.45, 7) is 5.57. The Labute approximate surface area is 104 Å². The van der Waals surface area contributed by atoms with Crippen molar-refractivity contribution in [2.45, 2.75) is 26.7 Å². The molecule has 0 saturated heterocycles. The zero-order valence-electron chi connectivity index (χ0n) is 10.6. The second kappa shape index (κ2) is 4.56. The first kappa shape index (κ1) is 12.2. The number of nitrogens with two attached hydrogens (primary N) is 1. The standard InChI is InChI=1S/C12H15N5O/c1-6(2)9-10(13)16-11(17-12(9)18)8-4-5-14-7(3)15-8/h4-6H,1-3H3,(H3,13,16,17,18). The number of nitrogens with one attached hydrogen (secondary N) is 1. The van der Waals surface area contributed by atoms with Crippen LogP contribution in [-0.4, -0.2) is 19.9 Å². The highest BCUT2D eigenvalue weighted by atomic mass is 16.1. The van der Waals surface area contributed by atoms with Crippen molar-refractivity contribution in [1.82, 2.24) is 19.9 Å². The number of rotatable bonds is 2. The third-order valence-electron chi connectivity index (χ3n) is 2.58. The summed E-state index contributed by atoms with van der Waals surface area (Å²) in [6, 6.07) is 1.68. The molecule has 6 heteroatoms. The van der Waals surface area contributed by atoms with Crippen molar-refractivity contribution < 1.29 is 0 Å². The van der Waals surface area contributed by atoms with Gasteiger partial charge in [0.15, 0.2) is 5.82 Å². The molecule has 0 unspecified atom stereocenters. The van der Waals surface area contributed by atoms with Gasteiger partial charge in [-0.2, -0.15) is 0 Å². The van der Waals surface area contributed by atoms with Crippen molar-refractivity contribution in [3.05, 3.63) is 34.0 Å². The summed E-state index contributed by atoms with van der Waals surface area (Å²) in [6.07, 6.45) is 1.62. The van der Waals surface area contributed by atoms with Crippen LogP contribution in [0.15, 0.2) is 17.1 Å². The Balaban J connectivity index is 2.59. The zero-order chi connectivity index (χ0) is 13.3. The van der Waals surface area contributed by atoms with E-state index in [1.54, 1.807) is 19.2 Å². The maximum absolute atomic E-state index is 11.9. The molecule has 0 aromatic carbocycles. The fraction of sp³-hybridized carbons (Fsp3) is 0.333. The molecule has 18 heavy (non-hydrogen) atoms. The maximum Gasteiger partial charge on any atom is 0.256 e. The summed E-state index contributed by atoms with van der Waals surface area (Å²) in [5, 5.41) is 0. The summed E-state index contributed by atoms with van der Waals surface area (Å²) in [4.78, 5) is 27.0. The topological polar surface area (TPSA) is 97.5 Å². The third kappa shape index (κ3) is 2.22. The molecular formula is C12H15N5O. The summed E-state index contributed by atoms with van der Waals surface area (Å²) in [5.74, 6) is 1.26. The van der Waals surface area contributed by atoms with Crippen LogP contribution in [0.1, 0.15) is 31.2 Å². The number of hydrogen-bond donors (Lipinski definition) is 2. The first-order chi connectivity index (χ1) is 8.49. The molecule has 0 atom stereocenters. The highest BCUT2D eigenvalue weighted by molar-refractivity contribution is 5.53. The molecule has 2 aromatic heterocycles. The Hall–Kier alpha value is -2.24. The van der Waals surface area contributed by atoms with Crippen LogP contribution in [0.25, 0.3) is 11.5 Å². The minimum atomic E-state index is -0.219. The van der Waals surface area contributed by atoms with Gasteiger partial charge in [-0.3, -0.25) is 4.79 Å². The van der Waals surface area contributed by atoms with E-state index in [0.29, 0.717) is 22.9 Å². The first-order valence-corrected chi connectivity index (χ1v) is 5.68. The van der Waals surface area contributed by atoms with E-state index in [1.807, 2.05) is 13.8 Å². The zero-order valence-corrected chi connectivity index (χ0v) is 10.6. The van der Waals surface area contributed by atoms with Crippen LogP contribution in [0.3, 0.4) is 0 Å². The normalized spacial score (nSPS) is 10.9. The third-order valence-corrected chi connectivity index (χ3v) is 2.58. The molecule has 0 radical (unpaired) electrons. The Morgan fingerprint density at radius 1 is 1.33 bits per heavy atom. The summed E-state index contributed by atoms with van der Waals surface area (Å²) in [7, 11) is 0. The second-order valence-corrected chi connectivity index (χ2v) is 4.36. The Morgan fingerprint density at radius 2 is 2.06 bits per heavy atom. The fourth-order valence-corrected chi connectivity index (χ4v) is 1.77. The molecule has 2 heterocycles. The Bertz CT molecular complexity index is 633. The van der Waals surface area contributed by atoms with Gasteiger partial charge in [0.05, 0.1) is 5.56 Å². The van der Waals surface area contributed by atoms with Gasteiger partial charge in [0.1, 0.15) is 17.3 Å². The van der Waals surface area contributed by atoms with Gasteiger partial charge in [-0.15, -0.1) is 0 Å². The van der Waals surface area contributed by atoms with Crippen LogP contribution in [-0.2, 0) is 0 Å². The van der Waals surface area contributed by atoms with Crippen LogP contribution in [0.2, 0.25) is 0 Å². The molecule has 0 aliphatic heterocycles. The van der Waals surface area contributed by atoms with E-state index < -0.39 is 0 Å². The fourth-order valence-electron chi connectivity index (χ4n) is 1.77. The predicted molar refractivity (Wildman–Crippen MR) is 69.1 cm³/mol. The number of aromatic nitrogens is 4. The first-order valence-electron chi connectivity index (χ1n) is 5.68. The molecule has 3 N–H and O–H groups in total. The maximum atomic E-state index is 11.9. The van der Waals surface area contributed by atoms with Crippen LogP contribution < -0.4 is 11.3 Å². The number of anilines is 1. The number of aromatic amines is 1. The monoisotopic (exact) mass is 245 g/mol. The smallest absolute Gasteiger partial charge is 0.256 e. The lowest BCUT2D eigenvalue weighted by Crippen LogP contribution is -2.19. The largest absolute Gasteiger partial charge is 0.383 e. The highest BCUT2D eigenvalue weighted by Crippen LogP contribution is 2.18. The lowest BCUT2D eigenvalue weighted by molar-refractivity contribution is 0.836. The minimum Gasteiger partial charge on any atom is -0.383 e. The molecule has 0 spiro atoms. The van der Waals surface area contributed by atoms with Gasteiger partial charge in [0.2, 0.25) is 0 Å². The van der Waals surface area contributed by atoms with Crippen molar-refractivity contribution in [3.8, 4) is 11.5 Å².